The molecule has 0 aromatic heterocycles. The van der Waals surface area contributed by atoms with E-state index in [0.29, 0.717) is 38.9 Å². The topological polar surface area (TPSA) is 66.0 Å². The quantitative estimate of drug-likeness (QED) is 0.735. The number of carbonyl (C=O) groups excluding carboxylic acids is 1. The molecule has 1 aromatic carbocycles. The second kappa shape index (κ2) is 9.95. The van der Waals surface area contributed by atoms with Crippen molar-refractivity contribution in [3.63, 3.8) is 0 Å². The Kier molecular flexibility index (Phi) is 7.35. The Morgan fingerprint density at radius 3 is 2.70 bits per heavy atom. The molecule has 2 aliphatic rings. The molecule has 0 bridgehead atoms. The fraction of sp³-hybridized carbons (Fsp3) is 0.667. The van der Waals surface area contributed by atoms with Gasteiger partial charge in [-0.2, -0.15) is 0 Å². The van der Waals surface area contributed by atoms with Crippen molar-refractivity contribution in [3.05, 3.63) is 29.8 Å². The van der Waals surface area contributed by atoms with Crippen molar-refractivity contribution in [1.82, 2.24) is 5.32 Å². The molecule has 1 aliphatic heterocycles. The molecular formula is C21H31NO5. The highest BCUT2D eigenvalue weighted by atomic mass is 16.7. The maximum Gasteiger partial charge on any atom is 0.407 e. The Bertz CT molecular complexity index is 583. The zero-order valence-electron chi connectivity index (χ0n) is 16.2. The van der Waals surface area contributed by atoms with Gasteiger partial charge in [0.1, 0.15) is 12.4 Å². The predicted octanol–water partition coefficient (Wildman–Crippen LogP) is 3.68. The third kappa shape index (κ3) is 5.59. The Hall–Kier alpha value is -1.79. The fourth-order valence-corrected chi connectivity index (χ4v) is 3.98. The Morgan fingerprint density at radius 1 is 1.19 bits per heavy atom. The zero-order valence-corrected chi connectivity index (χ0v) is 16.2. The Labute approximate surface area is 161 Å². The first-order valence-electron chi connectivity index (χ1n) is 10.1. The van der Waals surface area contributed by atoms with E-state index in [-0.39, 0.29) is 5.79 Å². The average Bonchev–Trinajstić information content (AvgIpc) is 3.06. The van der Waals surface area contributed by atoms with E-state index in [1.165, 1.54) is 24.8 Å². The molecule has 6 heteroatoms. The first kappa shape index (κ1) is 20.0. The van der Waals surface area contributed by atoms with Gasteiger partial charge in [0.15, 0.2) is 5.79 Å². The van der Waals surface area contributed by atoms with Gasteiger partial charge in [-0.15, -0.1) is 0 Å². The van der Waals surface area contributed by atoms with Crippen LogP contribution >= 0.6 is 0 Å². The smallest absolute Gasteiger partial charge is 0.407 e. The number of nitrogens with one attached hydrogen (secondary N) is 1. The van der Waals surface area contributed by atoms with Crippen LogP contribution in [0.1, 0.15) is 44.6 Å². The third-order valence-electron chi connectivity index (χ3n) is 5.30. The minimum absolute atomic E-state index is 0.368. The highest BCUT2D eigenvalue weighted by Crippen LogP contribution is 2.41. The van der Waals surface area contributed by atoms with Crippen molar-refractivity contribution in [3.8, 4) is 5.75 Å². The zero-order chi connectivity index (χ0) is 19.0. The first-order chi connectivity index (χ1) is 13.2. The van der Waals surface area contributed by atoms with E-state index >= 15 is 0 Å². The number of alkyl carbamates (subject to hydrolysis) is 1. The van der Waals surface area contributed by atoms with E-state index < -0.39 is 6.09 Å². The minimum Gasteiger partial charge on any atom is -0.492 e. The summed E-state index contributed by atoms with van der Waals surface area (Å²) < 4.78 is 22.6. The molecule has 1 N–H and O–H groups in total. The number of hydrogen-bond donors (Lipinski definition) is 1. The van der Waals surface area contributed by atoms with Crippen molar-refractivity contribution in [1.29, 1.82) is 0 Å². The number of amides is 1. The van der Waals surface area contributed by atoms with Crippen LogP contribution in [-0.4, -0.2) is 44.9 Å². The van der Waals surface area contributed by atoms with Crippen LogP contribution in [-0.2, 0) is 20.6 Å². The van der Waals surface area contributed by atoms with E-state index in [4.69, 9.17) is 18.9 Å². The normalized spacial score (nSPS) is 21.6. The van der Waals surface area contributed by atoms with Gasteiger partial charge in [0.05, 0.1) is 26.4 Å². The van der Waals surface area contributed by atoms with Crippen molar-refractivity contribution in [2.45, 2.75) is 51.2 Å². The van der Waals surface area contributed by atoms with Crippen LogP contribution in [0.2, 0.25) is 0 Å². The van der Waals surface area contributed by atoms with Crippen LogP contribution < -0.4 is 10.1 Å². The van der Waals surface area contributed by atoms with Gasteiger partial charge in [-0.25, -0.2) is 4.79 Å². The summed E-state index contributed by atoms with van der Waals surface area (Å²) >= 11 is 0. The molecular weight excluding hydrogens is 346 g/mol. The first-order valence-corrected chi connectivity index (χ1v) is 10.1. The maximum atomic E-state index is 11.2. The standard InChI is InChI=1S/C21H31NO5/c1-2-24-20(23)22-12-13-25-19-9-7-17(8-10-19)16-18-6-4-3-5-11-21(18)26-14-15-27-21/h7-10,18H,2-6,11-16H2,1H3,(H,22,23). The summed E-state index contributed by atoms with van der Waals surface area (Å²) in [5, 5.41) is 2.64. The van der Waals surface area contributed by atoms with Gasteiger partial charge in [0.25, 0.3) is 0 Å². The summed E-state index contributed by atoms with van der Waals surface area (Å²) in [6.07, 6.45) is 6.40. The van der Waals surface area contributed by atoms with Gasteiger partial charge in [-0.05, 0) is 43.9 Å². The monoisotopic (exact) mass is 377 g/mol. The predicted molar refractivity (Wildman–Crippen MR) is 102 cm³/mol. The number of carbonyl (C=O) groups is 1. The van der Waals surface area contributed by atoms with Crippen molar-refractivity contribution < 1.29 is 23.7 Å². The van der Waals surface area contributed by atoms with Gasteiger partial charge < -0.3 is 24.3 Å². The summed E-state index contributed by atoms with van der Waals surface area (Å²) in [5.74, 6) is 0.834. The Morgan fingerprint density at radius 2 is 1.96 bits per heavy atom. The molecule has 1 saturated heterocycles. The van der Waals surface area contributed by atoms with E-state index in [9.17, 15) is 4.79 Å². The molecule has 1 heterocycles. The van der Waals surface area contributed by atoms with Crippen LogP contribution in [0.25, 0.3) is 0 Å². The molecule has 150 valence electrons. The minimum atomic E-state index is -0.412. The summed E-state index contributed by atoms with van der Waals surface area (Å²) in [6.45, 7) is 4.39. The Balaban J connectivity index is 1.49. The van der Waals surface area contributed by atoms with Crippen LogP contribution in [0, 0.1) is 5.92 Å². The fourth-order valence-electron chi connectivity index (χ4n) is 3.98. The molecule has 1 unspecified atom stereocenters. The summed E-state index contributed by atoms with van der Waals surface area (Å²) in [4.78, 5) is 11.2. The van der Waals surface area contributed by atoms with E-state index in [2.05, 4.69) is 17.4 Å². The van der Waals surface area contributed by atoms with Crippen LogP contribution in [0.3, 0.4) is 0 Å². The molecule has 1 amide bonds. The van der Waals surface area contributed by atoms with Gasteiger partial charge in [0, 0.05) is 12.3 Å². The van der Waals surface area contributed by atoms with Crippen LogP contribution in [0.4, 0.5) is 4.79 Å². The number of benzene rings is 1. The average molecular weight is 377 g/mol. The van der Waals surface area contributed by atoms with Crippen molar-refractivity contribution in [2.24, 2.45) is 5.92 Å². The number of ether oxygens (including phenoxy) is 4. The van der Waals surface area contributed by atoms with Gasteiger partial charge in [-0.1, -0.05) is 25.0 Å². The largest absolute Gasteiger partial charge is 0.492 e. The molecule has 1 aromatic rings. The maximum absolute atomic E-state index is 11.2. The van der Waals surface area contributed by atoms with Crippen LogP contribution in [0.15, 0.2) is 24.3 Å². The summed E-state index contributed by atoms with van der Waals surface area (Å²) in [7, 11) is 0. The third-order valence-corrected chi connectivity index (χ3v) is 5.30. The highest BCUT2D eigenvalue weighted by molar-refractivity contribution is 5.66. The van der Waals surface area contributed by atoms with E-state index in [0.717, 1.165) is 25.0 Å². The second-order valence-corrected chi connectivity index (χ2v) is 7.15. The van der Waals surface area contributed by atoms with Gasteiger partial charge in [-0.3, -0.25) is 0 Å². The lowest BCUT2D eigenvalue weighted by molar-refractivity contribution is -0.198. The molecule has 1 aliphatic carbocycles. The lowest BCUT2D eigenvalue weighted by Crippen LogP contribution is -2.39. The molecule has 0 radical (unpaired) electrons. The van der Waals surface area contributed by atoms with Gasteiger partial charge >= 0.3 is 6.09 Å². The number of rotatable bonds is 7. The highest BCUT2D eigenvalue weighted by Gasteiger charge is 2.44. The van der Waals surface area contributed by atoms with Crippen molar-refractivity contribution >= 4 is 6.09 Å². The molecule has 1 atom stereocenters. The SMILES string of the molecule is CCOC(=O)NCCOc1ccc(CC2CCCCCC23OCCO3)cc1. The molecule has 27 heavy (non-hydrogen) atoms. The molecule has 1 saturated carbocycles. The van der Waals surface area contributed by atoms with Crippen molar-refractivity contribution in [2.75, 3.05) is 33.0 Å². The lowest BCUT2D eigenvalue weighted by Gasteiger charge is -2.34. The van der Waals surface area contributed by atoms with E-state index in [1.54, 1.807) is 6.92 Å². The number of hydrogen-bond acceptors (Lipinski definition) is 5. The van der Waals surface area contributed by atoms with Gasteiger partial charge in [0.2, 0.25) is 0 Å². The molecule has 6 nitrogen and oxygen atoms in total. The summed E-state index contributed by atoms with van der Waals surface area (Å²) in [6, 6.07) is 8.20. The lowest BCUT2D eigenvalue weighted by atomic mass is 9.87. The molecule has 1 spiro atoms. The molecule has 3 rings (SSSR count). The van der Waals surface area contributed by atoms with E-state index in [1.807, 2.05) is 12.1 Å². The second-order valence-electron chi connectivity index (χ2n) is 7.15. The molecule has 2 fully saturated rings. The summed E-state index contributed by atoms with van der Waals surface area (Å²) in [5.41, 5.74) is 1.28. The van der Waals surface area contributed by atoms with Crippen LogP contribution in [0.5, 0.6) is 5.75 Å².